The Kier molecular flexibility index (Phi) is 4.69. The van der Waals surface area contributed by atoms with E-state index in [9.17, 15) is 0 Å². The van der Waals surface area contributed by atoms with Crippen LogP contribution >= 0.6 is 4.49 Å². The Hall–Kier alpha value is -1.95. The maximum absolute atomic E-state index is 3.07. The fraction of sp³-hybridized carbons (Fsp3) is 0. The topological polar surface area (TPSA) is 0 Å². The zero-order valence-corrected chi connectivity index (χ0v) is 17.4. The summed E-state index contributed by atoms with van der Waals surface area (Å²) in [7, 11) is 0. The molecule has 2 heteroatoms. The molecule has 0 saturated heterocycles. The summed E-state index contributed by atoms with van der Waals surface area (Å²) < 4.78 is -2.87. The van der Waals surface area contributed by atoms with Crippen LogP contribution in [0.2, 0.25) is 0 Å². The fourth-order valence-electron chi connectivity index (χ4n) is 3.68. The van der Waals surface area contributed by atoms with Crippen molar-refractivity contribution in [2.45, 2.75) is 0 Å². The van der Waals surface area contributed by atoms with E-state index >= 15 is 0 Å². The Balaban J connectivity index is 2.23. The van der Waals surface area contributed by atoms with Crippen LogP contribution in [0.4, 0.5) is 0 Å². The average Bonchev–Trinajstić information content (AvgIpc) is 2.76. The minimum absolute atomic E-state index is 1.37. The minimum atomic E-state index is -2.87. The van der Waals surface area contributed by atoms with Gasteiger partial charge in [-0.1, -0.05) is 0 Å². The Morgan fingerprint density at radius 3 is 0.731 bits per heavy atom. The molecule has 0 spiro atoms. The first kappa shape index (κ1) is 17.5. The third-order valence-electron chi connectivity index (χ3n) is 4.89. The molecule has 4 aromatic carbocycles. The van der Waals surface area contributed by atoms with Crippen LogP contribution in [-0.2, 0) is 20.5 Å². The van der Waals surface area contributed by atoms with Gasteiger partial charge in [-0.2, -0.15) is 0 Å². The van der Waals surface area contributed by atoms with Crippen LogP contribution in [0, 0.1) is 0 Å². The Labute approximate surface area is 167 Å². The molecule has 26 heavy (non-hydrogen) atoms. The molecule has 0 aliphatic carbocycles. The summed E-state index contributed by atoms with van der Waals surface area (Å²) in [5.41, 5.74) is 0. The van der Waals surface area contributed by atoms with E-state index in [1.807, 2.05) is 0 Å². The third kappa shape index (κ3) is 2.54. The predicted molar refractivity (Wildman–Crippen MR) is 111 cm³/mol. The second-order valence-electron chi connectivity index (χ2n) is 6.28. The van der Waals surface area contributed by atoms with Crippen molar-refractivity contribution in [1.29, 1.82) is 0 Å². The first-order valence-corrected chi connectivity index (χ1v) is 13.6. The number of hydrogen-bond donors (Lipinski definition) is 0. The van der Waals surface area contributed by atoms with Crippen LogP contribution in [0.25, 0.3) is 0 Å². The fourth-order valence-corrected chi connectivity index (χ4v) is 12.2. The van der Waals surface area contributed by atoms with Crippen LogP contribution in [-0.4, -0.2) is 0 Å². The van der Waals surface area contributed by atoms with E-state index in [0.717, 1.165) is 0 Å². The molecule has 0 aromatic heterocycles. The zero-order valence-electron chi connectivity index (χ0n) is 14.3. The van der Waals surface area contributed by atoms with Crippen LogP contribution in [0.3, 0.4) is 0 Å². The molecule has 0 aliphatic heterocycles. The first-order chi connectivity index (χ1) is 12.7. The van der Waals surface area contributed by atoms with Crippen molar-refractivity contribution >= 4 is 25.7 Å². The van der Waals surface area contributed by atoms with Gasteiger partial charge in [0, 0.05) is 0 Å². The molecular weight excluding hydrogens is 516 g/mol. The third-order valence-corrected chi connectivity index (χ3v) is 16.5. The molecule has 0 amide bonds. The monoisotopic (exact) mass is 536 g/mol. The van der Waals surface area contributed by atoms with Crippen LogP contribution in [0.1, 0.15) is 0 Å². The molecule has 0 nitrogen and oxygen atoms in total. The first-order valence-electron chi connectivity index (χ1n) is 8.67. The van der Waals surface area contributed by atoms with E-state index in [1.54, 1.807) is 0 Å². The molecule has 0 atom stereocenters. The summed E-state index contributed by atoms with van der Waals surface area (Å²) in [6.45, 7) is 0. The number of hydrogen-bond acceptors (Lipinski definition) is 0. The summed E-state index contributed by atoms with van der Waals surface area (Å²) >= 11 is 3.07. The van der Waals surface area contributed by atoms with Gasteiger partial charge in [-0.25, -0.2) is 0 Å². The molecule has 0 N–H and O–H groups in total. The van der Waals surface area contributed by atoms with Gasteiger partial charge in [-0.05, 0) is 0 Å². The molecule has 0 unspecified atom stereocenters. The molecule has 0 heterocycles. The van der Waals surface area contributed by atoms with Gasteiger partial charge < -0.3 is 0 Å². The molecule has 4 rings (SSSR count). The van der Waals surface area contributed by atoms with Crippen molar-refractivity contribution in [2.24, 2.45) is 0 Å². The van der Waals surface area contributed by atoms with Gasteiger partial charge in [0.05, 0.1) is 0 Å². The maximum atomic E-state index is 3.07. The molecule has 0 radical (unpaired) electrons. The molecule has 0 saturated carbocycles. The predicted octanol–water partition coefficient (Wildman–Crippen LogP) is 4.30. The van der Waals surface area contributed by atoms with E-state index in [-0.39, 0.29) is 0 Å². The van der Waals surface area contributed by atoms with Crippen molar-refractivity contribution in [3.8, 4) is 0 Å². The second-order valence-corrected chi connectivity index (χ2v) is 16.0. The van der Waals surface area contributed by atoms with Crippen molar-refractivity contribution in [1.82, 2.24) is 0 Å². The second kappa shape index (κ2) is 6.99. The summed E-state index contributed by atoms with van der Waals surface area (Å²) in [5.74, 6) is 0. The van der Waals surface area contributed by atoms with E-state index < -0.39 is 4.49 Å². The zero-order chi connectivity index (χ0) is 17.9. The number of benzene rings is 4. The van der Waals surface area contributed by atoms with Gasteiger partial charge in [0.15, 0.2) is 0 Å². The van der Waals surface area contributed by atoms with Crippen molar-refractivity contribution in [2.75, 3.05) is 0 Å². The van der Waals surface area contributed by atoms with Crippen LogP contribution in [0.5, 0.6) is 0 Å². The van der Waals surface area contributed by atoms with Gasteiger partial charge in [0.25, 0.3) is 0 Å². The molecule has 0 fully saturated rings. The Morgan fingerprint density at radius 2 is 0.538 bits per heavy atom. The van der Waals surface area contributed by atoms with Crippen LogP contribution in [0.15, 0.2) is 121 Å². The molecule has 132 valence electrons. The molecule has 4 aromatic rings. The summed E-state index contributed by atoms with van der Waals surface area (Å²) in [6, 6.07) is 43.9. The van der Waals surface area contributed by atoms with Crippen molar-refractivity contribution in [3.63, 3.8) is 0 Å². The Bertz CT molecular complexity index is 814. The Morgan fingerprint density at radius 1 is 0.346 bits per heavy atom. The van der Waals surface area contributed by atoms with Gasteiger partial charge >= 0.3 is 168 Å². The molecule has 0 bridgehead atoms. The van der Waals surface area contributed by atoms with Crippen LogP contribution < -0.4 is 21.2 Å². The summed E-state index contributed by atoms with van der Waals surface area (Å²) in [5, 5.41) is 5.46. The van der Waals surface area contributed by atoms with Gasteiger partial charge in [0.2, 0.25) is 0 Å². The normalized spacial score (nSPS) is 12.9. The SMILES string of the molecule is [Au][P](c1ccccc1)(c1ccccc1)(c1ccccc1)c1ccccc1. The van der Waals surface area contributed by atoms with E-state index in [1.165, 1.54) is 21.2 Å². The van der Waals surface area contributed by atoms with Gasteiger partial charge in [-0.3, -0.25) is 0 Å². The van der Waals surface area contributed by atoms with Gasteiger partial charge in [0.1, 0.15) is 0 Å². The summed E-state index contributed by atoms with van der Waals surface area (Å²) in [6.07, 6.45) is 0. The number of rotatable bonds is 4. The van der Waals surface area contributed by atoms with Crippen molar-refractivity contribution in [3.05, 3.63) is 121 Å². The van der Waals surface area contributed by atoms with Gasteiger partial charge in [-0.15, -0.1) is 0 Å². The van der Waals surface area contributed by atoms with E-state index in [0.29, 0.717) is 0 Å². The quantitative estimate of drug-likeness (QED) is 0.270. The average molecular weight is 536 g/mol. The standard InChI is InChI=1S/C24H20P.Au/c1-5-13-21(14-6-1)25(22-15-7-2-8-16-22,23-17-9-3-10-18-23)24-19-11-4-12-20-24;/h1-20H;/q+1;-1. The summed E-state index contributed by atoms with van der Waals surface area (Å²) in [4.78, 5) is 0. The van der Waals surface area contributed by atoms with Crippen molar-refractivity contribution < 1.29 is 20.5 Å². The molecule has 0 aliphatic rings. The van der Waals surface area contributed by atoms with E-state index in [4.69, 9.17) is 0 Å². The van der Waals surface area contributed by atoms with E-state index in [2.05, 4.69) is 142 Å². The molecular formula is C24H20AuP.